The lowest BCUT2D eigenvalue weighted by atomic mass is 9.98. The molecule has 4 aromatic carbocycles. The number of carbonyl (C=O) groups is 12. The number of hydrogen-bond donors (Lipinski definition) is 18. The normalized spacial score (nSPS) is 16.4. The van der Waals surface area contributed by atoms with Crippen LogP contribution in [0.1, 0.15) is 112 Å². The summed E-state index contributed by atoms with van der Waals surface area (Å²) in [5, 5.41) is 58.9. The summed E-state index contributed by atoms with van der Waals surface area (Å²) in [6, 6.07) is 16.0. The third-order valence-electron chi connectivity index (χ3n) is 18.9. The number of amides is 12. The number of aromatic amines is 2. The number of rotatable bonds is 38. The Kier molecular flexibility index (Phi) is 28.3. The van der Waals surface area contributed by atoms with Gasteiger partial charge < -0.3 is 99.8 Å². The SMILES string of the molecule is CC(C)C[C@H](NC(=O)[C@@H](CCCCNC(=O)OCC1c2ccccc2-c2ccccc21)NC(=O)[C@H](Cc1ccc(O)cc1)NC(=O)[C@H](CO)NC(=O)[C@H](Cc1c[nH]c2ccccc12)NC(=O)[C@H](Cc1cnc[nH]1)NC(=O)[C@@H]1CCC(=O)N1)C(=O)N[C@@H](CCCNC(=N)N)C(=O)N1CCC[C@H]1C(=O)NCC(N)=O. The van der Waals surface area contributed by atoms with E-state index in [1.807, 2.05) is 48.5 Å². The maximum atomic E-state index is 15.2. The fourth-order valence-corrected chi connectivity index (χ4v) is 13.4. The van der Waals surface area contributed by atoms with Gasteiger partial charge in [-0.3, -0.25) is 58.1 Å². The first-order valence-corrected chi connectivity index (χ1v) is 35.8. The van der Waals surface area contributed by atoms with Gasteiger partial charge in [-0.2, -0.15) is 0 Å². The molecule has 9 atom stereocenters. The van der Waals surface area contributed by atoms with E-state index in [0.29, 0.717) is 34.1 Å². The summed E-state index contributed by atoms with van der Waals surface area (Å²) in [4.78, 5) is 179. The number of para-hydroxylation sites is 1. The molecule has 2 aliphatic heterocycles. The van der Waals surface area contributed by atoms with Crippen LogP contribution in [-0.2, 0) is 76.7 Å². The zero-order valence-corrected chi connectivity index (χ0v) is 59.5. The summed E-state index contributed by atoms with van der Waals surface area (Å²) in [5.41, 5.74) is 17.0. The summed E-state index contributed by atoms with van der Waals surface area (Å²) in [6.07, 6.45) is 4.33. The number of guanidine groups is 1. The van der Waals surface area contributed by atoms with Gasteiger partial charge in [-0.15, -0.1) is 0 Å². The summed E-state index contributed by atoms with van der Waals surface area (Å²) in [6.45, 7) is 2.35. The highest BCUT2D eigenvalue weighted by molar-refractivity contribution is 6.00. The van der Waals surface area contributed by atoms with Crippen molar-refractivity contribution in [3.8, 4) is 16.9 Å². The maximum absolute atomic E-state index is 15.2. The highest BCUT2D eigenvalue weighted by Crippen LogP contribution is 2.44. The van der Waals surface area contributed by atoms with Gasteiger partial charge in [0.05, 0.1) is 19.5 Å². The number of aromatic hydroxyl groups is 1. The number of benzene rings is 4. The molecule has 2 aromatic heterocycles. The number of nitrogens with one attached hydrogen (secondary N) is 14. The smallest absolute Gasteiger partial charge is 0.407 e. The van der Waals surface area contributed by atoms with Gasteiger partial charge in [-0.1, -0.05) is 92.7 Å². The van der Waals surface area contributed by atoms with Gasteiger partial charge in [0.15, 0.2) is 5.96 Å². The molecular formula is C74H94N18O15. The number of carbonyl (C=O) groups excluding carboxylic acids is 12. The standard InChI is InChI=1S/C74H94N18O15/c1-41(2)31-56(66(99)86-55(20-11-29-79-73(76)77)72(105)92-30-12-21-61(92)71(104)82-37-62(75)95)87-64(97)53(19-9-10-28-80-74(106)107-39-51-49-16-5-3-14-47(49)48-15-4-6-17-50(48)51)85-67(100)57(32-42-22-24-45(94)25-23-42)88-70(103)60(38-93)91-68(101)58(33-43-35-81-52-18-8-7-13-46(43)52)89-69(102)59(34-44-36-78-40-83-44)90-65(98)54-26-27-63(96)84-54/h3-8,13-18,22-25,35-36,40-41,51,53-61,81,93-94H,9-12,19-21,26-34,37-39H2,1-2H3,(H2,75,95)(H,78,83)(H,80,106)(H,82,104)(H,84,96)(H,85,100)(H,86,99)(H,87,97)(H,88,103)(H,89,102)(H,90,98)(H,91,101)(H4,76,77,79)/t53-,54+,55+,56+,57+,58+,59+,60+,61+/m1/s1. The number of aliphatic hydroxyl groups is 1. The number of fused-ring (bicyclic) bond motifs is 4. The molecule has 20 N–H and O–H groups in total. The van der Waals surface area contributed by atoms with Crippen molar-refractivity contribution < 1.29 is 72.5 Å². The van der Waals surface area contributed by atoms with E-state index in [0.717, 1.165) is 22.3 Å². The molecule has 570 valence electrons. The van der Waals surface area contributed by atoms with Crippen LogP contribution in [0.2, 0.25) is 0 Å². The summed E-state index contributed by atoms with van der Waals surface area (Å²) in [5.74, 6) is -9.69. The van der Waals surface area contributed by atoms with Crippen molar-refractivity contribution in [3.05, 3.63) is 144 Å². The number of phenolic OH excluding ortho intramolecular Hbond substituents is 1. The van der Waals surface area contributed by atoms with E-state index in [4.69, 9.17) is 21.6 Å². The molecule has 0 unspecified atom stereocenters. The molecule has 2 saturated heterocycles. The van der Waals surface area contributed by atoms with E-state index in [-0.39, 0.29) is 133 Å². The van der Waals surface area contributed by atoms with Crippen molar-refractivity contribution >= 4 is 87.9 Å². The van der Waals surface area contributed by atoms with E-state index in [2.05, 4.69) is 73.4 Å². The molecule has 0 bridgehead atoms. The number of alkyl carbamates (subject to hydrolysis) is 1. The maximum Gasteiger partial charge on any atom is 0.407 e. The molecule has 107 heavy (non-hydrogen) atoms. The fraction of sp³-hybridized carbons (Fsp3) is 0.432. The third-order valence-corrected chi connectivity index (χ3v) is 18.9. The van der Waals surface area contributed by atoms with Crippen molar-refractivity contribution in [1.29, 1.82) is 5.41 Å². The number of primary amides is 1. The number of phenols is 1. The number of likely N-dealkylation sites (tertiary alicyclic amines) is 1. The molecule has 2 fully saturated rings. The molecule has 0 saturated carbocycles. The monoisotopic (exact) mass is 1470 g/mol. The molecule has 33 heteroatoms. The van der Waals surface area contributed by atoms with Crippen LogP contribution >= 0.6 is 0 Å². The third kappa shape index (κ3) is 22.3. The number of aliphatic hydroxyl groups excluding tert-OH is 1. The fourth-order valence-electron chi connectivity index (χ4n) is 13.4. The second-order valence-corrected chi connectivity index (χ2v) is 27.2. The second-order valence-electron chi connectivity index (χ2n) is 27.2. The van der Waals surface area contributed by atoms with Crippen LogP contribution in [0.5, 0.6) is 5.75 Å². The number of hydrogen-bond acceptors (Lipinski definition) is 17. The number of imidazole rings is 1. The molecule has 9 rings (SSSR count). The molecule has 33 nitrogen and oxygen atoms in total. The first-order valence-electron chi connectivity index (χ1n) is 35.8. The molecule has 0 radical (unpaired) electrons. The number of nitrogens with zero attached hydrogens (tertiary/aromatic N) is 2. The van der Waals surface area contributed by atoms with Crippen LogP contribution in [-0.4, -0.2) is 201 Å². The van der Waals surface area contributed by atoms with E-state index in [1.165, 1.54) is 41.7 Å². The average Bonchev–Trinajstić information content (AvgIpc) is 1.62. The van der Waals surface area contributed by atoms with E-state index in [9.17, 15) is 58.2 Å². The summed E-state index contributed by atoms with van der Waals surface area (Å²) >= 11 is 0. The van der Waals surface area contributed by atoms with Crippen LogP contribution < -0.4 is 70.0 Å². The van der Waals surface area contributed by atoms with Crippen LogP contribution in [0.25, 0.3) is 22.0 Å². The number of H-pyrrole nitrogens is 2. The van der Waals surface area contributed by atoms with Gasteiger partial charge in [0.2, 0.25) is 65.0 Å². The van der Waals surface area contributed by atoms with Gasteiger partial charge in [0.25, 0.3) is 0 Å². The lowest BCUT2D eigenvalue weighted by Gasteiger charge is -2.30. The predicted molar refractivity (Wildman–Crippen MR) is 390 cm³/mol. The Hall–Kier alpha value is -11.9. The number of ether oxygens (including phenoxy) is 1. The van der Waals surface area contributed by atoms with Crippen molar-refractivity contribution in [3.63, 3.8) is 0 Å². The highest BCUT2D eigenvalue weighted by Gasteiger charge is 2.41. The van der Waals surface area contributed by atoms with Crippen molar-refractivity contribution in [1.82, 2.24) is 78.3 Å². The van der Waals surface area contributed by atoms with Crippen LogP contribution in [0.4, 0.5) is 4.79 Å². The lowest BCUT2D eigenvalue weighted by molar-refractivity contribution is -0.142. The Morgan fingerprint density at radius 1 is 0.636 bits per heavy atom. The second kappa shape index (κ2) is 38.2. The van der Waals surface area contributed by atoms with Crippen molar-refractivity contribution in [2.24, 2.45) is 17.4 Å². The average molecular weight is 1480 g/mol. The first-order chi connectivity index (χ1) is 51.4. The van der Waals surface area contributed by atoms with Gasteiger partial charge in [0.1, 0.15) is 66.7 Å². The lowest BCUT2D eigenvalue weighted by Crippen LogP contribution is -2.61. The van der Waals surface area contributed by atoms with E-state index in [1.54, 1.807) is 44.3 Å². The van der Waals surface area contributed by atoms with Gasteiger partial charge in [0, 0.05) is 80.2 Å². The van der Waals surface area contributed by atoms with Crippen LogP contribution in [0.15, 0.2) is 116 Å². The minimum atomic E-state index is -1.83. The number of unbranched alkanes of at least 4 members (excludes halogenated alkanes) is 1. The molecule has 3 aliphatic rings. The predicted octanol–water partition coefficient (Wildman–Crippen LogP) is -0.100. The Bertz CT molecular complexity index is 4120. The Morgan fingerprint density at radius 3 is 1.87 bits per heavy atom. The van der Waals surface area contributed by atoms with Crippen molar-refractivity contribution in [2.45, 2.75) is 158 Å². The zero-order valence-electron chi connectivity index (χ0n) is 59.5. The Labute approximate surface area is 616 Å². The molecule has 4 heterocycles. The van der Waals surface area contributed by atoms with E-state index >= 15 is 9.59 Å². The largest absolute Gasteiger partial charge is 0.508 e. The van der Waals surface area contributed by atoms with Gasteiger partial charge >= 0.3 is 6.09 Å². The first kappa shape index (κ1) is 79.2. The topological polar surface area (TPSA) is 510 Å². The number of nitrogens with two attached hydrogens (primary N) is 2. The quantitative estimate of drug-likeness (QED) is 0.0137. The zero-order chi connectivity index (χ0) is 76.7. The van der Waals surface area contributed by atoms with E-state index < -0.39 is 133 Å². The number of aromatic nitrogens is 3. The molecular weight excluding hydrogens is 1380 g/mol. The molecule has 1 aliphatic carbocycles. The molecule has 12 amide bonds. The highest BCUT2D eigenvalue weighted by atomic mass is 16.5. The van der Waals surface area contributed by atoms with Crippen molar-refractivity contribution in [2.75, 3.05) is 39.4 Å². The minimum absolute atomic E-state index is 0.0132. The van der Waals surface area contributed by atoms with Crippen LogP contribution in [0, 0.1) is 11.3 Å². The molecule has 6 aromatic rings. The van der Waals surface area contributed by atoms with Gasteiger partial charge in [-0.05, 0) is 115 Å². The minimum Gasteiger partial charge on any atom is -0.508 e. The Balaban J connectivity index is 0.948. The summed E-state index contributed by atoms with van der Waals surface area (Å²) < 4.78 is 5.76. The Morgan fingerprint density at radius 2 is 1.22 bits per heavy atom. The van der Waals surface area contributed by atoms with Gasteiger partial charge in [-0.25, -0.2) is 9.78 Å². The van der Waals surface area contributed by atoms with Crippen LogP contribution in [0.3, 0.4) is 0 Å². The molecule has 0 spiro atoms. The summed E-state index contributed by atoms with van der Waals surface area (Å²) in [7, 11) is 0.